The third kappa shape index (κ3) is 4.13. The summed E-state index contributed by atoms with van der Waals surface area (Å²) in [6.07, 6.45) is 0. The van der Waals surface area contributed by atoms with Crippen molar-refractivity contribution in [2.45, 2.75) is 6.54 Å². The number of ether oxygens (including phenoxy) is 1. The molecule has 0 spiro atoms. The number of carbonyl (C=O) groups is 1. The molecule has 0 bridgehead atoms. The van der Waals surface area contributed by atoms with Gasteiger partial charge in [0, 0.05) is 25.8 Å². The second-order valence-electron chi connectivity index (χ2n) is 3.84. The average molecular weight is 241 g/mol. The van der Waals surface area contributed by atoms with Crippen molar-refractivity contribution in [2.24, 2.45) is 0 Å². The third-order valence-corrected chi connectivity index (χ3v) is 2.42. The van der Waals surface area contributed by atoms with Gasteiger partial charge in [-0.3, -0.25) is 4.90 Å². The zero-order valence-electron chi connectivity index (χ0n) is 9.94. The van der Waals surface area contributed by atoms with E-state index in [1.54, 1.807) is 7.11 Å². The molecule has 0 amide bonds. The molecule has 1 aromatic carbocycles. The van der Waals surface area contributed by atoms with Crippen molar-refractivity contribution in [3.8, 4) is 0 Å². The predicted octanol–water partition coefficient (Wildman–Crippen LogP) is 1.60. The van der Waals surface area contributed by atoms with Crippen LogP contribution in [-0.4, -0.2) is 43.3 Å². The topological polar surface area (TPSA) is 49.8 Å². The molecule has 1 N–H and O–H groups in total. The Morgan fingerprint density at radius 1 is 1.53 bits per heavy atom. The fourth-order valence-electron chi connectivity index (χ4n) is 1.43. The molecule has 0 heterocycles. The van der Waals surface area contributed by atoms with Gasteiger partial charge in [-0.25, -0.2) is 9.18 Å². The Morgan fingerprint density at radius 2 is 2.24 bits per heavy atom. The number of benzene rings is 1. The summed E-state index contributed by atoms with van der Waals surface area (Å²) in [7, 11) is 3.46. The van der Waals surface area contributed by atoms with E-state index in [0.717, 1.165) is 6.07 Å². The number of hydrogen-bond acceptors (Lipinski definition) is 3. The fraction of sp³-hybridized carbons (Fsp3) is 0.417. The number of hydrogen-bond donors (Lipinski definition) is 1. The average Bonchev–Trinajstić information content (AvgIpc) is 2.28. The van der Waals surface area contributed by atoms with Crippen LogP contribution in [0.4, 0.5) is 4.39 Å². The largest absolute Gasteiger partial charge is 0.478 e. The van der Waals surface area contributed by atoms with E-state index in [-0.39, 0.29) is 5.56 Å². The first-order valence-corrected chi connectivity index (χ1v) is 5.23. The number of nitrogens with zero attached hydrogens (tertiary/aromatic N) is 1. The molecule has 94 valence electrons. The molecule has 1 aromatic rings. The summed E-state index contributed by atoms with van der Waals surface area (Å²) >= 11 is 0. The van der Waals surface area contributed by atoms with Crippen LogP contribution < -0.4 is 0 Å². The zero-order valence-corrected chi connectivity index (χ0v) is 9.94. The summed E-state index contributed by atoms with van der Waals surface area (Å²) < 4.78 is 18.5. The van der Waals surface area contributed by atoms with Crippen molar-refractivity contribution in [2.75, 3.05) is 27.3 Å². The molecule has 1 rings (SSSR count). The molecule has 0 unspecified atom stereocenters. The molecule has 5 heteroatoms. The Hall–Kier alpha value is -1.46. The maximum absolute atomic E-state index is 13.6. The van der Waals surface area contributed by atoms with Crippen LogP contribution in [-0.2, 0) is 11.3 Å². The molecule has 0 saturated carbocycles. The van der Waals surface area contributed by atoms with Gasteiger partial charge in [0.05, 0.1) is 12.2 Å². The van der Waals surface area contributed by atoms with Crippen molar-refractivity contribution in [3.63, 3.8) is 0 Å². The Labute approximate surface area is 99.6 Å². The molecule has 4 nitrogen and oxygen atoms in total. The number of rotatable bonds is 6. The molecule has 0 saturated heterocycles. The standard InChI is InChI=1S/C12H16FNO3/c1-14(5-6-17-2)8-10-4-3-9(12(15)16)7-11(10)13/h3-4,7H,5-6,8H2,1-2H3,(H,15,16). The molecule has 0 aliphatic rings. The van der Waals surface area contributed by atoms with Crippen LogP contribution in [0.5, 0.6) is 0 Å². The highest BCUT2D eigenvalue weighted by Gasteiger charge is 2.09. The van der Waals surface area contributed by atoms with E-state index in [1.807, 2.05) is 11.9 Å². The summed E-state index contributed by atoms with van der Waals surface area (Å²) in [5, 5.41) is 8.70. The van der Waals surface area contributed by atoms with E-state index >= 15 is 0 Å². The Balaban J connectivity index is 2.69. The maximum atomic E-state index is 13.6. The second kappa shape index (κ2) is 6.32. The Bertz CT molecular complexity index is 395. The molecule has 0 atom stereocenters. The van der Waals surface area contributed by atoms with Crippen LogP contribution in [0.3, 0.4) is 0 Å². The number of methoxy groups -OCH3 is 1. The van der Waals surface area contributed by atoms with Crippen molar-refractivity contribution < 1.29 is 19.0 Å². The van der Waals surface area contributed by atoms with Crippen LogP contribution in [0.2, 0.25) is 0 Å². The number of aromatic carboxylic acids is 1. The van der Waals surface area contributed by atoms with Gasteiger partial charge in [0.1, 0.15) is 5.82 Å². The molecular weight excluding hydrogens is 225 g/mol. The van der Waals surface area contributed by atoms with E-state index in [4.69, 9.17) is 9.84 Å². The first kappa shape index (κ1) is 13.6. The van der Waals surface area contributed by atoms with E-state index in [0.29, 0.717) is 25.3 Å². The molecule has 0 fully saturated rings. The van der Waals surface area contributed by atoms with Gasteiger partial charge >= 0.3 is 5.97 Å². The van der Waals surface area contributed by atoms with Gasteiger partial charge in [-0.1, -0.05) is 6.07 Å². The zero-order chi connectivity index (χ0) is 12.8. The van der Waals surface area contributed by atoms with Gasteiger partial charge in [0.2, 0.25) is 0 Å². The minimum atomic E-state index is -1.12. The first-order chi connectivity index (χ1) is 8.04. The summed E-state index contributed by atoms with van der Waals surface area (Å²) in [5.41, 5.74) is 0.444. The molecular formula is C12H16FNO3. The molecule has 0 radical (unpaired) electrons. The SMILES string of the molecule is COCCN(C)Cc1ccc(C(=O)O)cc1F. The van der Waals surface area contributed by atoms with Gasteiger partial charge in [0.25, 0.3) is 0 Å². The molecule has 17 heavy (non-hydrogen) atoms. The van der Waals surface area contributed by atoms with Gasteiger partial charge in [-0.05, 0) is 19.2 Å². The van der Waals surface area contributed by atoms with Crippen LogP contribution >= 0.6 is 0 Å². The van der Waals surface area contributed by atoms with Crippen molar-refractivity contribution >= 4 is 5.97 Å². The highest BCUT2D eigenvalue weighted by Crippen LogP contribution is 2.12. The van der Waals surface area contributed by atoms with Gasteiger partial charge in [-0.15, -0.1) is 0 Å². The second-order valence-corrected chi connectivity index (χ2v) is 3.84. The summed E-state index contributed by atoms with van der Waals surface area (Å²) in [5.74, 6) is -1.61. The van der Waals surface area contributed by atoms with Gasteiger partial charge < -0.3 is 9.84 Å². The van der Waals surface area contributed by atoms with Gasteiger partial charge in [-0.2, -0.15) is 0 Å². The fourth-order valence-corrected chi connectivity index (χ4v) is 1.43. The first-order valence-electron chi connectivity index (χ1n) is 5.23. The molecule has 0 aliphatic heterocycles. The third-order valence-electron chi connectivity index (χ3n) is 2.42. The summed E-state index contributed by atoms with van der Waals surface area (Å²) in [6.45, 7) is 1.69. The van der Waals surface area contributed by atoms with Crippen LogP contribution in [0.15, 0.2) is 18.2 Å². The Morgan fingerprint density at radius 3 is 2.76 bits per heavy atom. The summed E-state index contributed by atoms with van der Waals surface area (Å²) in [6, 6.07) is 3.95. The monoisotopic (exact) mass is 241 g/mol. The maximum Gasteiger partial charge on any atom is 0.335 e. The highest BCUT2D eigenvalue weighted by atomic mass is 19.1. The lowest BCUT2D eigenvalue weighted by Crippen LogP contribution is -2.22. The minimum absolute atomic E-state index is 0.0363. The smallest absolute Gasteiger partial charge is 0.335 e. The van der Waals surface area contributed by atoms with E-state index in [2.05, 4.69) is 0 Å². The van der Waals surface area contributed by atoms with E-state index in [9.17, 15) is 9.18 Å². The van der Waals surface area contributed by atoms with Crippen molar-refractivity contribution in [1.29, 1.82) is 0 Å². The van der Waals surface area contributed by atoms with E-state index in [1.165, 1.54) is 12.1 Å². The number of likely N-dealkylation sites (N-methyl/N-ethyl adjacent to an activating group) is 1. The predicted molar refractivity (Wildman–Crippen MR) is 61.6 cm³/mol. The van der Waals surface area contributed by atoms with Crippen LogP contribution in [0.25, 0.3) is 0 Å². The normalized spacial score (nSPS) is 10.8. The minimum Gasteiger partial charge on any atom is -0.478 e. The Kier molecular flexibility index (Phi) is 5.06. The van der Waals surface area contributed by atoms with Crippen molar-refractivity contribution in [1.82, 2.24) is 4.90 Å². The quantitative estimate of drug-likeness (QED) is 0.822. The summed E-state index contributed by atoms with van der Waals surface area (Å²) in [4.78, 5) is 12.5. The lowest BCUT2D eigenvalue weighted by molar-refractivity contribution is 0.0696. The lowest BCUT2D eigenvalue weighted by Gasteiger charge is -2.16. The van der Waals surface area contributed by atoms with Crippen molar-refractivity contribution in [3.05, 3.63) is 35.1 Å². The number of carboxylic acid groups (broad SMARTS) is 1. The molecule has 0 aliphatic carbocycles. The van der Waals surface area contributed by atoms with Crippen LogP contribution in [0, 0.1) is 5.82 Å². The molecule has 0 aromatic heterocycles. The lowest BCUT2D eigenvalue weighted by atomic mass is 10.1. The van der Waals surface area contributed by atoms with E-state index < -0.39 is 11.8 Å². The van der Waals surface area contributed by atoms with Crippen LogP contribution in [0.1, 0.15) is 15.9 Å². The van der Waals surface area contributed by atoms with Gasteiger partial charge in [0.15, 0.2) is 0 Å². The highest BCUT2D eigenvalue weighted by molar-refractivity contribution is 5.87. The number of carboxylic acids is 1. The number of halogens is 1.